The summed E-state index contributed by atoms with van der Waals surface area (Å²) in [5.41, 5.74) is 0.891. The molecule has 1 saturated heterocycles. The van der Waals surface area contributed by atoms with Gasteiger partial charge in [0, 0.05) is 16.5 Å². The van der Waals surface area contributed by atoms with Gasteiger partial charge in [0.25, 0.3) is 0 Å². The highest BCUT2D eigenvalue weighted by Crippen LogP contribution is 2.50. The molecule has 30 heavy (non-hydrogen) atoms. The van der Waals surface area contributed by atoms with E-state index in [1.54, 1.807) is 32.1 Å². The van der Waals surface area contributed by atoms with E-state index in [2.05, 4.69) is 0 Å². The molecule has 1 aliphatic rings. The minimum Gasteiger partial charge on any atom is -0.497 e. The van der Waals surface area contributed by atoms with Gasteiger partial charge in [0.2, 0.25) is 5.91 Å². The van der Waals surface area contributed by atoms with Crippen LogP contribution in [0, 0.1) is 0 Å². The fourth-order valence-corrected chi connectivity index (χ4v) is 5.13. The van der Waals surface area contributed by atoms with Gasteiger partial charge in [0.15, 0.2) is 5.78 Å². The number of carbonyl (C=O) groups excluding carboxylic acids is 2. The van der Waals surface area contributed by atoms with Crippen LogP contribution < -0.4 is 9.47 Å². The molecule has 0 saturated carbocycles. The maximum Gasteiger partial charge on any atom is 0.242 e. The second-order valence-electron chi connectivity index (χ2n) is 7.18. The number of thioether (sulfide) groups is 1. The van der Waals surface area contributed by atoms with Gasteiger partial charge in [-0.3, -0.25) is 9.59 Å². The van der Waals surface area contributed by atoms with Gasteiger partial charge in [0.1, 0.15) is 16.2 Å². The standard InChI is InChI=1S/C24H27NO4S/c1-5-24(30-20-9-7-6-8-10-20)22(14-11-17(2)26)25(23(24)27)16-18-12-13-19(28-3)15-21(18)29-4/h6-15,22H,5,16H2,1-4H3/b14-11+. The molecule has 1 fully saturated rings. The quantitative estimate of drug-likeness (QED) is 0.437. The Kier molecular flexibility index (Phi) is 6.87. The van der Waals surface area contributed by atoms with E-state index in [-0.39, 0.29) is 17.7 Å². The van der Waals surface area contributed by atoms with Crippen molar-refractivity contribution in [1.29, 1.82) is 0 Å². The van der Waals surface area contributed by atoms with Crippen molar-refractivity contribution < 1.29 is 19.1 Å². The number of carbonyl (C=O) groups is 2. The average Bonchev–Trinajstić information content (AvgIpc) is 2.77. The Morgan fingerprint density at radius 3 is 2.50 bits per heavy atom. The minimum absolute atomic E-state index is 0.0361. The fourth-order valence-electron chi connectivity index (χ4n) is 3.74. The van der Waals surface area contributed by atoms with Crippen molar-refractivity contribution in [2.45, 2.75) is 42.5 Å². The molecule has 0 aromatic heterocycles. The zero-order valence-electron chi connectivity index (χ0n) is 17.8. The number of nitrogens with zero attached hydrogens (tertiary/aromatic N) is 1. The number of ketones is 1. The monoisotopic (exact) mass is 425 g/mol. The van der Waals surface area contributed by atoms with Gasteiger partial charge in [0.05, 0.1) is 26.8 Å². The number of allylic oxidation sites excluding steroid dienone is 1. The van der Waals surface area contributed by atoms with Crippen LogP contribution in [-0.2, 0) is 16.1 Å². The largest absolute Gasteiger partial charge is 0.497 e. The molecule has 1 heterocycles. The van der Waals surface area contributed by atoms with Crippen LogP contribution in [-0.4, -0.2) is 41.6 Å². The third kappa shape index (κ3) is 4.24. The normalized spacial score (nSPS) is 20.9. The van der Waals surface area contributed by atoms with Crippen LogP contribution in [0.15, 0.2) is 65.6 Å². The third-order valence-corrected chi connectivity index (χ3v) is 6.93. The maximum atomic E-state index is 13.4. The summed E-state index contributed by atoms with van der Waals surface area (Å²) >= 11 is 1.57. The van der Waals surface area contributed by atoms with Gasteiger partial charge in [-0.2, -0.15) is 0 Å². The first-order valence-electron chi connectivity index (χ1n) is 9.90. The molecule has 1 amide bonds. The molecule has 0 radical (unpaired) electrons. The van der Waals surface area contributed by atoms with Crippen LogP contribution in [0.3, 0.4) is 0 Å². The summed E-state index contributed by atoms with van der Waals surface area (Å²) in [5.74, 6) is 1.39. The molecule has 5 nitrogen and oxygen atoms in total. The molecule has 0 bridgehead atoms. The molecule has 2 atom stereocenters. The van der Waals surface area contributed by atoms with Gasteiger partial charge in [-0.25, -0.2) is 0 Å². The topological polar surface area (TPSA) is 55.8 Å². The Morgan fingerprint density at radius 2 is 1.90 bits per heavy atom. The summed E-state index contributed by atoms with van der Waals surface area (Å²) in [4.78, 5) is 27.9. The van der Waals surface area contributed by atoms with E-state index in [4.69, 9.17) is 9.47 Å². The summed E-state index contributed by atoms with van der Waals surface area (Å²) in [6.45, 7) is 3.94. The van der Waals surface area contributed by atoms with Crippen molar-refractivity contribution >= 4 is 23.5 Å². The SMILES string of the molecule is CCC1(Sc2ccccc2)C(=O)N(Cc2ccc(OC)cc2OC)C1/C=C/C(C)=O. The molecular formula is C24H27NO4S. The molecule has 0 aliphatic carbocycles. The molecule has 158 valence electrons. The van der Waals surface area contributed by atoms with Crippen molar-refractivity contribution in [1.82, 2.24) is 4.90 Å². The van der Waals surface area contributed by atoms with E-state index >= 15 is 0 Å². The van der Waals surface area contributed by atoms with E-state index in [0.29, 0.717) is 24.5 Å². The number of benzene rings is 2. The van der Waals surface area contributed by atoms with Crippen LogP contribution in [0.5, 0.6) is 11.5 Å². The number of rotatable bonds is 9. The highest BCUT2D eigenvalue weighted by Gasteiger charge is 2.59. The lowest BCUT2D eigenvalue weighted by Crippen LogP contribution is -2.70. The van der Waals surface area contributed by atoms with E-state index in [1.807, 2.05) is 66.4 Å². The molecule has 0 spiro atoms. The lowest BCUT2D eigenvalue weighted by molar-refractivity contribution is -0.150. The number of hydrogen-bond acceptors (Lipinski definition) is 5. The molecule has 0 N–H and O–H groups in total. The number of hydrogen-bond donors (Lipinski definition) is 0. The van der Waals surface area contributed by atoms with E-state index < -0.39 is 4.75 Å². The first kappa shape index (κ1) is 22.0. The fraction of sp³-hybridized carbons (Fsp3) is 0.333. The van der Waals surface area contributed by atoms with Gasteiger partial charge >= 0.3 is 0 Å². The summed E-state index contributed by atoms with van der Waals surface area (Å²) in [7, 11) is 3.21. The Labute approximate surface area is 182 Å². The number of ether oxygens (including phenoxy) is 2. The van der Waals surface area contributed by atoms with Crippen LogP contribution >= 0.6 is 11.8 Å². The molecular weight excluding hydrogens is 398 g/mol. The molecule has 6 heteroatoms. The van der Waals surface area contributed by atoms with Crippen LogP contribution in [0.25, 0.3) is 0 Å². The van der Waals surface area contributed by atoms with Gasteiger partial charge in [-0.1, -0.05) is 31.2 Å². The van der Waals surface area contributed by atoms with E-state index in [9.17, 15) is 9.59 Å². The average molecular weight is 426 g/mol. The van der Waals surface area contributed by atoms with Crippen molar-refractivity contribution in [3.63, 3.8) is 0 Å². The highest BCUT2D eigenvalue weighted by atomic mass is 32.2. The summed E-state index contributed by atoms with van der Waals surface area (Å²) in [5, 5.41) is 0. The lowest BCUT2D eigenvalue weighted by Gasteiger charge is -2.54. The first-order chi connectivity index (χ1) is 14.4. The van der Waals surface area contributed by atoms with Gasteiger partial charge in [-0.05, 0) is 43.7 Å². The van der Waals surface area contributed by atoms with Crippen LogP contribution in [0.2, 0.25) is 0 Å². The van der Waals surface area contributed by atoms with E-state index in [1.165, 1.54) is 6.92 Å². The zero-order chi connectivity index (χ0) is 21.7. The van der Waals surface area contributed by atoms with Crippen molar-refractivity contribution in [3.05, 3.63) is 66.2 Å². The Hall–Kier alpha value is -2.73. The van der Waals surface area contributed by atoms with Crippen molar-refractivity contribution in [2.75, 3.05) is 14.2 Å². The number of likely N-dealkylation sites (tertiary alicyclic amines) is 1. The Morgan fingerprint density at radius 1 is 1.17 bits per heavy atom. The smallest absolute Gasteiger partial charge is 0.242 e. The van der Waals surface area contributed by atoms with Crippen molar-refractivity contribution in [2.24, 2.45) is 0 Å². The third-order valence-electron chi connectivity index (χ3n) is 5.35. The molecule has 3 rings (SSSR count). The molecule has 2 aromatic carbocycles. The number of amides is 1. The Balaban J connectivity index is 1.93. The predicted molar refractivity (Wildman–Crippen MR) is 119 cm³/mol. The van der Waals surface area contributed by atoms with E-state index in [0.717, 1.165) is 10.5 Å². The summed E-state index contributed by atoms with van der Waals surface area (Å²) in [6.07, 6.45) is 4.08. The minimum atomic E-state index is -0.632. The summed E-state index contributed by atoms with van der Waals surface area (Å²) in [6, 6.07) is 15.3. The summed E-state index contributed by atoms with van der Waals surface area (Å²) < 4.78 is 10.1. The number of methoxy groups -OCH3 is 2. The first-order valence-corrected chi connectivity index (χ1v) is 10.7. The molecule has 1 aliphatic heterocycles. The molecule has 2 aromatic rings. The highest BCUT2D eigenvalue weighted by molar-refractivity contribution is 8.01. The van der Waals surface area contributed by atoms with Crippen LogP contribution in [0.4, 0.5) is 0 Å². The van der Waals surface area contributed by atoms with Crippen LogP contribution in [0.1, 0.15) is 25.8 Å². The van der Waals surface area contributed by atoms with Gasteiger partial charge < -0.3 is 14.4 Å². The number of β-lactam (4-membered cyclic amide) rings is 1. The second kappa shape index (κ2) is 9.39. The zero-order valence-corrected chi connectivity index (χ0v) is 18.6. The maximum absolute atomic E-state index is 13.4. The molecule has 2 unspecified atom stereocenters. The Bertz CT molecular complexity index is 943. The second-order valence-corrected chi connectivity index (χ2v) is 8.59. The lowest BCUT2D eigenvalue weighted by atomic mass is 9.83. The van der Waals surface area contributed by atoms with Gasteiger partial charge in [-0.15, -0.1) is 11.8 Å². The van der Waals surface area contributed by atoms with Crippen molar-refractivity contribution in [3.8, 4) is 11.5 Å². The predicted octanol–water partition coefficient (Wildman–Crippen LogP) is 4.50.